The summed E-state index contributed by atoms with van der Waals surface area (Å²) >= 11 is 0. The number of nitrogens with zero attached hydrogens (tertiary/aromatic N) is 1. The number of carbonyl (C=O) groups excluding carboxylic acids is 1. The van der Waals surface area contributed by atoms with Gasteiger partial charge in [0.25, 0.3) is 0 Å². The summed E-state index contributed by atoms with van der Waals surface area (Å²) in [5.41, 5.74) is 4.17. The van der Waals surface area contributed by atoms with Crippen molar-refractivity contribution in [3.8, 4) is 0 Å². The van der Waals surface area contributed by atoms with E-state index < -0.39 is 23.7 Å². The Morgan fingerprint density at radius 1 is 1.12 bits per heavy atom. The SMILES string of the molecule is Cc1cccc(N(C(N)=O)c2cccc(C(F)(F)F)c2)c1C(=O)O. The molecule has 3 N–H and O–H groups in total. The molecule has 0 aromatic heterocycles. The molecule has 8 heteroatoms. The fraction of sp³-hybridized carbons (Fsp3) is 0.125. The molecule has 0 fully saturated rings. The monoisotopic (exact) mass is 338 g/mol. The zero-order valence-corrected chi connectivity index (χ0v) is 12.5. The first-order valence-corrected chi connectivity index (χ1v) is 6.72. The molecule has 0 radical (unpaired) electrons. The molecule has 24 heavy (non-hydrogen) atoms. The number of nitrogens with two attached hydrogens (primary N) is 1. The number of carbonyl (C=O) groups is 2. The van der Waals surface area contributed by atoms with Crippen LogP contribution in [0, 0.1) is 6.92 Å². The Kier molecular flexibility index (Phi) is 4.50. The van der Waals surface area contributed by atoms with Gasteiger partial charge in [-0.2, -0.15) is 13.2 Å². The quantitative estimate of drug-likeness (QED) is 0.889. The first kappa shape index (κ1) is 17.3. The number of primary amides is 1. The van der Waals surface area contributed by atoms with Crippen LogP contribution in [-0.4, -0.2) is 17.1 Å². The van der Waals surface area contributed by atoms with E-state index in [1.807, 2.05) is 0 Å². The number of rotatable bonds is 3. The largest absolute Gasteiger partial charge is 0.478 e. The molecule has 0 aliphatic rings. The Balaban J connectivity index is 2.68. The third-order valence-corrected chi connectivity index (χ3v) is 3.36. The highest BCUT2D eigenvalue weighted by Gasteiger charge is 2.32. The minimum Gasteiger partial charge on any atom is -0.478 e. The molecule has 0 heterocycles. The molecule has 0 aliphatic heterocycles. The molecule has 2 amide bonds. The van der Waals surface area contributed by atoms with Gasteiger partial charge in [0, 0.05) is 0 Å². The van der Waals surface area contributed by atoms with Crippen molar-refractivity contribution < 1.29 is 27.9 Å². The molecule has 5 nitrogen and oxygen atoms in total. The van der Waals surface area contributed by atoms with Gasteiger partial charge >= 0.3 is 18.2 Å². The number of aryl methyl sites for hydroxylation is 1. The first-order valence-electron chi connectivity index (χ1n) is 6.72. The lowest BCUT2D eigenvalue weighted by Gasteiger charge is -2.24. The number of alkyl halides is 3. The standard InChI is InChI=1S/C16H13F3N2O3/c1-9-4-2-7-12(13(9)14(22)23)21(15(20)24)11-6-3-5-10(8-11)16(17,18)19/h2-8H,1H3,(H2,20,24)(H,22,23). The number of benzene rings is 2. The zero-order chi connectivity index (χ0) is 18.1. The van der Waals surface area contributed by atoms with Gasteiger partial charge in [0.1, 0.15) is 0 Å². The molecule has 2 aromatic rings. The van der Waals surface area contributed by atoms with E-state index >= 15 is 0 Å². The Hall–Kier alpha value is -3.03. The molecular formula is C16H13F3N2O3. The number of carboxylic acid groups (broad SMARTS) is 1. The van der Waals surface area contributed by atoms with Crippen LogP contribution in [0.5, 0.6) is 0 Å². The number of hydrogen-bond donors (Lipinski definition) is 2. The van der Waals surface area contributed by atoms with E-state index in [2.05, 4.69) is 0 Å². The Bertz CT molecular complexity index is 803. The number of halogens is 3. The summed E-state index contributed by atoms with van der Waals surface area (Å²) in [7, 11) is 0. The molecule has 126 valence electrons. The van der Waals surface area contributed by atoms with Crippen molar-refractivity contribution in [2.24, 2.45) is 5.73 Å². The van der Waals surface area contributed by atoms with Crippen LogP contribution in [-0.2, 0) is 6.18 Å². The van der Waals surface area contributed by atoms with Gasteiger partial charge in [-0.05, 0) is 36.8 Å². The van der Waals surface area contributed by atoms with Crippen molar-refractivity contribution in [3.63, 3.8) is 0 Å². The second kappa shape index (κ2) is 6.23. The van der Waals surface area contributed by atoms with Crippen LogP contribution in [0.4, 0.5) is 29.3 Å². The smallest absolute Gasteiger partial charge is 0.416 e. The molecule has 0 atom stereocenters. The number of anilines is 2. The summed E-state index contributed by atoms with van der Waals surface area (Å²) in [6.07, 6.45) is -4.61. The highest BCUT2D eigenvalue weighted by molar-refractivity contribution is 6.06. The van der Waals surface area contributed by atoms with Crippen LogP contribution in [0.25, 0.3) is 0 Å². The number of aromatic carboxylic acids is 1. The van der Waals surface area contributed by atoms with E-state index in [4.69, 9.17) is 5.73 Å². The zero-order valence-electron chi connectivity index (χ0n) is 12.5. The lowest BCUT2D eigenvalue weighted by Crippen LogP contribution is -2.33. The molecular weight excluding hydrogens is 325 g/mol. The van der Waals surface area contributed by atoms with Gasteiger partial charge in [0.15, 0.2) is 0 Å². The van der Waals surface area contributed by atoms with E-state index in [1.165, 1.54) is 31.2 Å². The average Bonchev–Trinajstić information content (AvgIpc) is 2.46. The summed E-state index contributed by atoms with van der Waals surface area (Å²) < 4.78 is 38.6. The van der Waals surface area contributed by atoms with E-state index in [0.29, 0.717) is 5.56 Å². The van der Waals surface area contributed by atoms with Gasteiger partial charge in [0.05, 0.1) is 22.5 Å². The second-order valence-corrected chi connectivity index (χ2v) is 5.00. The molecule has 0 aliphatic carbocycles. The topological polar surface area (TPSA) is 83.6 Å². The summed E-state index contributed by atoms with van der Waals surface area (Å²) in [4.78, 5) is 24.0. The number of carboxylic acids is 1. The van der Waals surface area contributed by atoms with Crippen molar-refractivity contribution in [1.29, 1.82) is 0 Å². The molecule has 2 aromatic carbocycles. The van der Waals surface area contributed by atoms with E-state index in [1.54, 1.807) is 0 Å². The Labute approximate surface area is 135 Å². The van der Waals surface area contributed by atoms with Gasteiger partial charge in [-0.3, -0.25) is 4.90 Å². The minimum atomic E-state index is -4.61. The first-order chi connectivity index (χ1) is 11.1. The van der Waals surface area contributed by atoms with Crippen molar-refractivity contribution >= 4 is 23.4 Å². The fourth-order valence-electron chi connectivity index (χ4n) is 2.32. The maximum Gasteiger partial charge on any atom is 0.416 e. The predicted octanol–water partition coefficient (Wildman–Crippen LogP) is 3.93. The van der Waals surface area contributed by atoms with Crippen molar-refractivity contribution in [2.75, 3.05) is 4.90 Å². The van der Waals surface area contributed by atoms with Gasteiger partial charge in [0.2, 0.25) is 0 Å². The maximum atomic E-state index is 12.9. The Morgan fingerprint density at radius 3 is 2.29 bits per heavy atom. The lowest BCUT2D eigenvalue weighted by molar-refractivity contribution is -0.137. The minimum absolute atomic E-state index is 0.102. The Morgan fingerprint density at radius 2 is 1.75 bits per heavy atom. The summed E-state index contributed by atoms with van der Waals surface area (Å²) in [5.74, 6) is -1.32. The summed E-state index contributed by atoms with van der Waals surface area (Å²) in [6, 6.07) is 7.15. The molecule has 0 bridgehead atoms. The maximum absolute atomic E-state index is 12.9. The van der Waals surface area contributed by atoms with Gasteiger partial charge < -0.3 is 10.8 Å². The van der Waals surface area contributed by atoms with Crippen LogP contribution >= 0.6 is 0 Å². The van der Waals surface area contributed by atoms with Crippen molar-refractivity contribution in [1.82, 2.24) is 0 Å². The van der Waals surface area contributed by atoms with Crippen molar-refractivity contribution in [3.05, 3.63) is 59.2 Å². The van der Waals surface area contributed by atoms with Crippen LogP contribution < -0.4 is 10.6 Å². The van der Waals surface area contributed by atoms with E-state index in [9.17, 15) is 27.9 Å². The molecule has 0 saturated carbocycles. The van der Waals surface area contributed by atoms with Crippen LogP contribution in [0.1, 0.15) is 21.5 Å². The third-order valence-electron chi connectivity index (χ3n) is 3.36. The van der Waals surface area contributed by atoms with E-state index in [-0.39, 0.29) is 16.9 Å². The van der Waals surface area contributed by atoms with Gasteiger partial charge in [-0.25, -0.2) is 9.59 Å². The number of hydrogen-bond acceptors (Lipinski definition) is 2. The summed E-state index contributed by atoms with van der Waals surface area (Å²) in [5, 5.41) is 9.35. The molecule has 2 rings (SSSR count). The summed E-state index contributed by atoms with van der Waals surface area (Å²) in [6.45, 7) is 1.51. The normalized spacial score (nSPS) is 11.2. The van der Waals surface area contributed by atoms with Crippen LogP contribution in [0.15, 0.2) is 42.5 Å². The van der Waals surface area contributed by atoms with Crippen LogP contribution in [0.3, 0.4) is 0 Å². The predicted molar refractivity (Wildman–Crippen MR) is 81.3 cm³/mol. The van der Waals surface area contributed by atoms with Gasteiger partial charge in [-0.15, -0.1) is 0 Å². The molecule has 0 saturated heterocycles. The van der Waals surface area contributed by atoms with Crippen molar-refractivity contribution in [2.45, 2.75) is 13.1 Å². The fourth-order valence-corrected chi connectivity index (χ4v) is 2.32. The lowest BCUT2D eigenvalue weighted by atomic mass is 10.0. The number of urea groups is 1. The van der Waals surface area contributed by atoms with E-state index in [0.717, 1.165) is 23.1 Å². The highest BCUT2D eigenvalue weighted by Crippen LogP contribution is 2.35. The number of amides is 2. The van der Waals surface area contributed by atoms with Crippen LogP contribution in [0.2, 0.25) is 0 Å². The van der Waals surface area contributed by atoms with Gasteiger partial charge in [-0.1, -0.05) is 18.2 Å². The molecule has 0 unspecified atom stereocenters. The molecule has 0 spiro atoms. The average molecular weight is 338 g/mol. The second-order valence-electron chi connectivity index (χ2n) is 5.00. The third kappa shape index (κ3) is 3.32. The highest BCUT2D eigenvalue weighted by atomic mass is 19.4.